The van der Waals surface area contributed by atoms with Crippen molar-refractivity contribution in [2.45, 2.75) is 6.04 Å². The molecule has 3 nitrogen and oxygen atoms in total. The summed E-state index contributed by atoms with van der Waals surface area (Å²) in [4.78, 5) is 10.7. The third-order valence-electron chi connectivity index (χ3n) is 2.17. The predicted molar refractivity (Wildman–Crippen MR) is 43.5 cm³/mol. The van der Waals surface area contributed by atoms with Gasteiger partial charge in [0.2, 0.25) is 0 Å². The number of carbonyl (C=O) groups is 1. The van der Waals surface area contributed by atoms with Crippen LogP contribution in [0.4, 0.5) is 22.4 Å². The first kappa shape index (κ1) is 10.7. The number of alkyl carbamates (subject to hydrolysis) is 1. The zero-order valence-corrected chi connectivity index (χ0v) is 7.69. The van der Waals surface area contributed by atoms with E-state index >= 15 is 0 Å². The summed E-state index contributed by atoms with van der Waals surface area (Å²) in [6.07, 6.45) is -0.895. The molecule has 1 aliphatic heterocycles. The van der Waals surface area contributed by atoms with E-state index in [1.165, 1.54) is 0 Å². The van der Waals surface area contributed by atoms with Crippen LogP contribution in [0.15, 0.2) is 6.07 Å². The summed E-state index contributed by atoms with van der Waals surface area (Å²) in [5.74, 6) is -6.10. The molecule has 1 aromatic carbocycles. The first-order chi connectivity index (χ1) is 7.50. The van der Waals surface area contributed by atoms with Crippen LogP contribution in [0.3, 0.4) is 0 Å². The Kier molecular flexibility index (Phi) is 2.45. The normalized spacial score (nSPS) is 19.5. The number of rotatable bonds is 1. The van der Waals surface area contributed by atoms with E-state index in [4.69, 9.17) is 0 Å². The molecule has 1 N–H and O–H groups in total. The highest BCUT2D eigenvalue weighted by Gasteiger charge is 2.32. The van der Waals surface area contributed by atoms with Gasteiger partial charge in [-0.05, 0) is 0 Å². The molecule has 0 spiro atoms. The van der Waals surface area contributed by atoms with Crippen LogP contribution >= 0.6 is 0 Å². The second-order valence-electron chi connectivity index (χ2n) is 3.18. The van der Waals surface area contributed by atoms with Gasteiger partial charge in [0.15, 0.2) is 23.3 Å². The average molecular weight is 235 g/mol. The third kappa shape index (κ3) is 1.58. The molecule has 0 radical (unpaired) electrons. The Bertz CT molecular complexity index is 437. The van der Waals surface area contributed by atoms with Gasteiger partial charge in [-0.2, -0.15) is 0 Å². The van der Waals surface area contributed by atoms with Gasteiger partial charge in [0, 0.05) is 6.07 Å². The van der Waals surface area contributed by atoms with Gasteiger partial charge in [-0.15, -0.1) is 0 Å². The second kappa shape index (κ2) is 3.66. The smallest absolute Gasteiger partial charge is 0.407 e. The van der Waals surface area contributed by atoms with Crippen molar-refractivity contribution in [3.8, 4) is 0 Å². The van der Waals surface area contributed by atoms with Gasteiger partial charge in [-0.1, -0.05) is 0 Å². The minimum absolute atomic E-state index is 0.103. The van der Waals surface area contributed by atoms with Crippen molar-refractivity contribution in [1.29, 1.82) is 0 Å². The van der Waals surface area contributed by atoms with Crippen LogP contribution in [0.25, 0.3) is 0 Å². The number of amides is 1. The van der Waals surface area contributed by atoms with E-state index in [0.717, 1.165) is 0 Å². The Hall–Kier alpha value is -1.79. The molecule has 7 heteroatoms. The fourth-order valence-corrected chi connectivity index (χ4v) is 1.44. The number of ether oxygens (including phenoxy) is 1. The quantitative estimate of drug-likeness (QED) is 0.597. The summed E-state index contributed by atoms with van der Waals surface area (Å²) < 4.78 is 56.5. The molecule has 0 bridgehead atoms. The molecule has 1 aromatic rings. The zero-order chi connectivity index (χ0) is 11.9. The van der Waals surface area contributed by atoms with Crippen LogP contribution < -0.4 is 5.32 Å². The summed E-state index contributed by atoms with van der Waals surface area (Å²) in [5.41, 5.74) is -0.872. The monoisotopic (exact) mass is 235 g/mol. The van der Waals surface area contributed by atoms with E-state index in [2.05, 4.69) is 4.74 Å². The van der Waals surface area contributed by atoms with Crippen molar-refractivity contribution in [1.82, 2.24) is 5.32 Å². The molecule has 0 saturated carbocycles. The molecule has 1 fully saturated rings. The number of benzene rings is 1. The third-order valence-corrected chi connectivity index (χ3v) is 2.17. The topological polar surface area (TPSA) is 38.3 Å². The van der Waals surface area contributed by atoms with E-state index < -0.39 is 41.0 Å². The van der Waals surface area contributed by atoms with Crippen molar-refractivity contribution in [3.63, 3.8) is 0 Å². The lowest BCUT2D eigenvalue weighted by Gasteiger charge is -2.11. The second-order valence-corrected chi connectivity index (χ2v) is 3.18. The van der Waals surface area contributed by atoms with Crippen LogP contribution in [0.1, 0.15) is 11.6 Å². The van der Waals surface area contributed by atoms with Gasteiger partial charge >= 0.3 is 6.09 Å². The number of hydrogen-bond acceptors (Lipinski definition) is 2. The maximum Gasteiger partial charge on any atom is 0.407 e. The Balaban J connectivity index is 2.51. The van der Waals surface area contributed by atoms with Gasteiger partial charge in [0.1, 0.15) is 6.61 Å². The molecule has 1 heterocycles. The van der Waals surface area contributed by atoms with E-state index in [1.54, 1.807) is 0 Å². The maximum atomic E-state index is 13.2. The lowest BCUT2D eigenvalue weighted by Crippen LogP contribution is -2.21. The van der Waals surface area contributed by atoms with Gasteiger partial charge in [0.05, 0.1) is 11.6 Å². The van der Waals surface area contributed by atoms with E-state index in [0.29, 0.717) is 0 Å². The average Bonchev–Trinajstić information content (AvgIpc) is 2.62. The number of nitrogens with one attached hydrogen (secondary N) is 1. The lowest BCUT2D eigenvalue weighted by molar-refractivity contribution is 0.176. The van der Waals surface area contributed by atoms with E-state index in [1.807, 2.05) is 5.32 Å². The van der Waals surface area contributed by atoms with Crippen LogP contribution in [0.5, 0.6) is 0 Å². The fraction of sp³-hybridized carbons (Fsp3) is 0.222. The highest BCUT2D eigenvalue weighted by atomic mass is 19.2. The largest absolute Gasteiger partial charge is 0.447 e. The molecule has 1 aliphatic rings. The van der Waals surface area contributed by atoms with Crippen LogP contribution in [-0.2, 0) is 4.74 Å². The zero-order valence-electron chi connectivity index (χ0n) is 7.69. The molecular formula is C9H5F4NO2. The Labute approximate surface area is 87.0 Å². The van der Waals surface area contributed by atoms with Crippen molar-refractivity contribution in [2.75, 3.05) is 6.61 Å². The minimum atomic E-state index is -1.53. The molecule has 0 aromatic heterocycles. The molecule has 16 heavy (non-hydrogen) atoms. The van der Waals surface area contributed by atoms with Crippen molar-refractivity contribution < 1.29 is 27.1 Å². The number of halogens is 4. The summed E-state index contributed by atoms with van der Waals surface area (Å²) in [5, 5.41) is 2.03. The molecule has 1 saturated heterocycles. The van der Waals surface area contributed by atoms with Crippen molar-refractivity contribution >= 4 is 6.09 Å². The van der Waals surface area contributed by atoms with E-state index in [9.17, 15) is 22.4 Å². The molecule has 86 valence electrons. The van der Waals surface area contributed by atoms with Gasteiger partial charge in [-0.3, -0.25) is 0 Å². The predicted octanol–water partition coefficient (Wildman–Crippen LogP) is 2.02. The SMILES string of the molecule is O=C1N[C@@H](c2c(F)c(F)cc(F)c2F)CO1. The first-order valence-electron chi connectivity index (χ1n) is 4.27. The number of cyclic esters (lactones) is 1. The van der Waals surface area contributed by atoms with E-state index in [-0.39, 0.29) is 12.7 Å². The summed E-state index contributed by atoms with van der Waals surface area (Å²) >= 11 is 0. The maximum absolute atomic E-state index is 13.2. The van der Waals surface area contributed by atoms with Crippen LogP contribution in [0, 0.1) is 23.3 Å². The van der Waals surface area contributed by atoms with Crippen LogP contribution in [0.2, 0.25) is 0 Å². The van der Waals surface area contributed by atoms with Crippen molar-refractivity contribution in [2.24, 2.45) is 0 Å². The summed E-state index contributed by atoms with van der Waals surface area (Å²) in [6.45, 7) is -0.379. The summed E-state index contributed by atoms with van der Waals surface area (Å²) in [6, 6.07) is -1.12. The molecule has 1 amide bonds. The Morgan fingerprint density at radius 3 is 2.19 bits per heavy atom. The Morgan fingerprint density at radius 2 is 1.75 bits per heavy atom. The molecule has 2 rings (SSSR count). The highest BCUT2D eigenvalue weighted by molar-refractivity contribution is 5.70. The van der Waals surface area contributed by atoms with Gasteiger partial charge < -0.3 is 10.1 Å². The van der Waals surface area contributed by atoms with Gasteiger partial charge in [0.25, 0.3) is 0 Å². The minimum Gasteiger partial charge on any atom is -0.447 e. The van der Waals surface area contributed by atoms with Crippen molar-refractivity contribution in [3.05, 3.63) is 34.9 Å². The molecule has 0 aliphatic carbocycles. The standard InChI is InChI=1S/C9H5F4NO2/c10-3-1-4(11)8(13)6(7(3)12)5-2-16-9(15)14-5/h1,5H,2H2,(H,14,15)/t5-/m1/s1. The molecule has 0 unspecified atom stereocenters. The van der Waals surface area contributed by atoms with Gasteiger partial charge in [-0.25, -0.2) is 22.4 Å². The number of carbonyl (C=O) groups excluding carboxylic acids is 1. The Morgan fingerprint density at radius 1 is 1.19 bits per heavy atom. The lowest BCUT2D eigenvalue weighted by atomic mass is 10.1. The highest BCUT2D eigenvalue weighted by Crippen LogP contribution is 2.27. The summed E-state index contributed by atoms with van der Waals surface area (Å²) in [7, 11) is 0. The fourth-order valence-electron chi connectivity index (χ4n) is 1.44. The van der Waals surface area contributed by atoms with Crippen LogP contribution in [-0.4, -0.2) is 12.7 Å². The number of hydrogen-bond donors (Lipinski definition) is 1. The molecule has 1 atom stereocenters. The molecular weight excluding hydrogens is 230 g/mol. The first-order valence-corrected chi connectivity index (χ1v) is 4.27.